The summed E-state index contributed by atoms with van der Waals surface area (Å²) >= 11 is 0. The van der Waals surface area contributed by atoms with Gasteiger partial charge in [0, 0.05) is 23.1 Å². The summed E-state index contributed by atoms with van der Waals surface area (Å²) in [6.45, 7) is 3.93. The molecule has 7 nitrogen and oxygen atoms in total. The number of nitrogens with zero attached hydrogens (tertiary/aromatic N) is 2. The number of benzene rings is 2. The van der Waals surface area contributed by atoms with E-state index in [1.165, 1.54) is 12.1 Å². The maximum Gasteiger partial charge on any atom is 0.311 e. The third-order valence-corrected chi connectivity index (χ3v) is 7.03. The molecule has 9 heteroatoms. The third-order valence-electron chi connectivity index (χ3n) is 5.23. The van der Waals surface area contributed by atoms with E-state index in [4.69, 9.17) is 15.1 Å². The fourth-order valence-electron chi connectivity index (χ4n) is 3.67. The van der Waals surface area contributed by atoms with Gasteiger partial charge in [-0.2, -0.15) is 0 Å². The van der Waals surface area contributed by atoms with Crippen molar-refractivity contribution in [1.82, 2.24) is 9.97 Å². The van der Waals surface area contributed by atoms with E-state index >= 15 is 0 Å². The van der Waals surface area contributed by atoms with E-state index < -0.39 is 32.1 Å². The lowest BCUT2D eigenvalue weighted by molar-refractivity contribution is -0.139. The lowest BCUT2D eigenvalue weighted by Crippen LogP contribution is -2.17. The number of Topliss-reactive ketones (excluding diaryl/α,β-unsaturated/α-hetero) is 1. The molecule has 0 spiro atoms. The quantitative estimate of drug-likeness (QED) is 0.286. The number of aliphatic carboxylic acids is 1. The normalized spacial score (nSPS) is 11.6. The molecule has 2 aromatic carbocycles. The second-order valence-electron chi connectivity index (χ2n) is 8.41. The van der Waals surface area contributed by atoms with E-state index in [2.05, 4.69) is 0 Å². The molecule has 0 fully saturated rings. The molecule has 0 saturated heterocycles. The average molecular weight is 485 g/mol. The monoisotopic (exact) mass is 485 g/mol. The zero-order valence-corrected chi connectivity index (χ0v) is 19.9. The summed E-state index contributed by atoms with van der Waals surface area (Å²) in [4.78, 5) is 53.1. The molecule has 0 aliphatic heterocycles. The van der Waals surface area contributed by atoms with Crippen molar-refractivity contribution in [1.29, 1.82) is 0 Å². The molecule has 0 aliphatic rings. The maximum absolute atomic E-state index is 13.6. The van der Waals surface area contributed by atoms with Crippen LogP contribution in [0.5, 0.6) is 0 Å². The Labute approximate surface area is 197 Å². The smallest absolute Gasteiger partial charge is 0.311 e. The SMILES string of the molecule is CC(C)c1nc(-c2ccccc2)nc(-c2ccc(F)cc2)c1CC[P+](O)(O)CC(=O)CC(=O)O. The number of carbonyl (C=O) groups excluding carboxylic acids is 1. The van der Waals surface area contributed by atoms with E-state index in [1.807, 2.05) is 44.2 Å². The first-order valence-electron chi connectivity index (χ1n) is 10.8. The van der Waals surface area contributed by atoms with Crippen LogP contribution in [-0.2, 0) is 16.0 Å². The highest BCUT2D eigenvalue weighted by Crippen LogP contribution is 2.50. The minimum absolute atomic E-state index is 0.0292. The second-order valence-corrected chi connectivity index (χ2v) is 10.9. The molecule has 1 aromatic heterocycles. The van der Waals surface area contributed by atoms with Gasteiger partial charge in [0.05, 0.1) is 11.4 Å². The first-order valence-corrected chi connectivity index (χ1v) is 12.9. The minimum atomic E-state index is -3.69. The highest BCUT2D eigenvalue weighted by Gasteiger charge is 2.37. The van der Waals surface area contributed by atoms with Crippen molar-refractivity contribution in [2.75, 3.05) is 12.3 Å². The van der Waals surface area contributed by atoms with Crippen molar-refractivity contribution < 1.29 is 28.9 Å². The maximum atomic E-state index is 13.6. The molecule has 0 saturated carbocycles. The van der Waals surface area contributed by atoms with Crippen LogP contribution in [0.4, 0.5) is 4.39 Å². The van der Waals surface area contributed by atoms with E-state index in [1.54, 1.807) is 12.1 Å². The lowest BCUT2D eigenvalue weighted by Gasteiger charge is -2.19. The summed E-state index contributed by atoms with van der Waals surface area (Å²) in [5.41, 5.74) is 3.41. The van der Waals surface area contributed by atoms with Gasteiger partial charge in [-0.3, -0.25) is 9.59 Å². The van der Waals surface area contributed by atoms with Crippen LogP contribution in [0, 0.1) is 5.82 Å². The van der Waals surface area contributed by atoms with Crippen LogP contribution in [0.3, 0.4) is 0 Å². The number of hydrogen-bond donors (Lipinski definition) is 3. The van der Waals surface area contributed by atoms with E-state index in [0.717, 1.165) is 5.56 Å². The number of carboxylic acids is 1. The number of aromatic nitrogens is 2. The van der Waals surface area contributed by atoms with E-state index in [0.29, 0.717) is 28.3 Å². The van der Waals surface area contributed by atoms with Crippen molar-refractivity contribution in [2.45, 2.75) is 32.6 Å². The van der Waals surface area contributed by atoms with Crippen LogP contribution in [0.1, 0.15) is 37.4 Å². The van der Waals surface area contributed by atoms with Crippen LogP contribution in [0.25, 0.3) is 22.6 Å². The van der Waals surface area contributed by atoms with Gasteiger partial charge < -0.3 is 5.11 Å². The Morgan fingerprint density at radius 1 is 0.971 bits per heavy atom. The summed E-state index contributed by atoms with van der Waals surface area (Å²) < 4.78 is 13.6. The predicted octanol–water partition coefficient (Wildman–Crippen LogP) is 4.49. The van der Waals surface area contributed by atoms with E-state index in [9.17, 15) is 23.8 Å². The van der Waals surface area contributed by atoms with Crippen LogP contribution in [0.2, 0.25) is 0 Å². The van der Waals surface area contributed by atoms with Gasteiger partial charge >= 0.3 is 5.97 Å². The van der Waals surface area contributed by atoms with Crippen molar-refractivity contribution >= 4 is 19.5 Å². The molecule has 3 N–H and O–H groups in total. The topological polar surface area (TPSA) is 121 Å². The van der Waals surface area contributed by atoms with Gasteiger partial charge in [-0.05, 0) is 30.2 Å². The van der Waals surface area contributed by atoms with Crippen LogP contribution >= 0.6 is 7.72 Å². The second kappa shape index (κ2) is 10.9. The van der Waals surface area contributed by atoms with Gasteiger partial charge in [-0.15, -0.1) is 0 Å². The van der Waals surface area contributed by atoms with Crippen molar-refractivity contribution in [2.24, 2.45) is 0 Å². The standard InChI is InChI=1S/C25H26FN2O5P/c1-16(2)23-21(12-13-34(32,33)15-20(29)14-22(30)31)24(17-8-10-19(26)11-9-17)28-25(27-23)18-6-4-3-5-7-18/h3-11,16,32-33H,12-15H2,1-2H3/p+1. The van der Waals surface area contributed by atoms with Gasteiger partial charge in [0.25, 0.3) is 7.72 Å². The number of hydrogen-bond acceptors (Lipinski definition) is 6. The number of rotatable bonds is 10. The molecule has 3 aromatic rings. The van der Waals surface area contributed by atoms with E-state index in [-0.39, 0.29) is 24.3 Å². The van der Waals surface area contributed by atoms with Crippen LogP contribution in [-0.4, -0.2) is 48.9 Å². The third kappa shape index (κ3) is 6.73. The zero-order valence-electron chi connectivity index (χ0n) is 19.0. The molecule has 178 valence electrons. The Morgan fingerprint density at radius 2 is 1.62 bits per heavy atom. The first kappa shape index (κ1) is 25.6. The molecule has 1 heterocycles. The van der Waals surface area contributed by atoms with Crippen LogP contribution in [0.15, 0.2) is 54.6 Å². The number of carboxylic acid groups (broad SMARTS) is 1. The number of carbonyl (C=O) groups is 2. The zero-order chi connectivity index (χ0) is 24.9. The van der Waals surface area contributed by atoms with Gasteiger partial charge in [0.2, 0.25) is 0 Å². The van der Waals surface area contributed by atoms with Crippen molar-refractivity contribution in [3.05, 3.63) is 71.7 Å². The van der Waals surface area contributed by atoms with Crippen molar-refractivity contribution in [3.63, 3.8) is 0 Å². The average Bonchev–Trinajstić information content (AvgIpc) is 2.77. The van der Waals surface area contributed by atoms with Gasteiger partial charge in [0.1, 0.15) is 18.4 Å². The summed E-state index contributed by atoms with van der Waals surface area (Å²) in [6.07, 6.45) is -1.31. The largest absolute Gasteiger partial charge is 0.481 e. The van der Waals surface area contributed by atoms with Gasteiger partial charge in [-0.25, -0.2) is 24.1 Å². The Kier molecular flexibility index (Phi) is 8.20. The molecule has 34 heavy (non-hydrogen) atoms. The van der Waals surface area contributed by atoms with Gasteiger partial charge in [-0.1, -0.05) is 44.2 Å². The van der Waals surface area contributed by atoms with Crippen molar-refractivity contribution in [3.8, 4) is 22.6 Å². The molecule has 3 rings (SSSR count). The molecule has 0 bridgehead atoms. The fourth-order valence-corrected chi connectivity index (χ4v) is 5.08. The predicted molar refractivity (Wildman–Crippen MR) is 129 cm³/mol. The molecule has 0 unspecified atom stereocenters. The fraction of sp³-hybridized carbons (Fsp3) is 0.280. The summed E-state index contributed by atoms with van der Waals surface area (Å²) in [5.74, 6) is -1.96. The molecular formula is C25H27FN2O5P+. The number of halogens is 1. The Morgan fingerprint density at radius 3 is 2.21 bits per heavy atom. The highest BCUT2D eigenvalue weighted by atomic mass is 31.2. The Balaban J connectivity index is 2.04. The number of ketones is 1. The summed E-state index contributed by atoms with van der Waals surface area (Å²) in [7, 11) is -3.69. The molecule has 0 radical (unpaired) electrons. The molecular weight excluding hydrogens is 458 g/mol. The molecule has 0 amide bonds. The Hall–Kier alpha value is -3.06. The summed E-state index contributed by atoms with van der Waals surface area (Å²) in [5, 5.41) is 8.77. The molecule has 0 atom stereocenters. The Bertz CT molecular complexity index is 1170. The lowest BCUT2D eigenvalue weighted by atomic mass is 9.96. The molecule has 0 aliphatic carbocycles. The summed E-state index contributed by atoms with van der Waals surface area (Å²) in [6, 6.07) is 15.3. The highest BCUT2D eigenvalue weighted by molar-refractivity contribution is 7.65. The first-order chi connectivity index (χ1) is 16.1. The van der Waals surface area contributed by atoms with Gasteiger partial charge in [0.15, 0.2) is 17.8 Å². The van der Waals surface area contributed by atoms with Crippen LogP contribution < -0.4 is 0 Å². The minimum Gasteiger partial charge on any atom is -0.481 e.